The summed E-state index contributed by atoms with van der Waals surface area (Å²) in [5.41, 5.74) is -1.34. The summed E-state index contributed by atoms with van der Waals surface area (Å²) in [7, 11) is 0. The van der Waals surface area contributed by atoms with Crippen LogP contribution < -0.4 is 0 Å². The number of nitrogens with one attached hydrogen (secondary N) is 1. The molecule has 1 aromatic carbocycles. The first kappa shape index (κ1) is 13.8. The molecule has 0 radical (unpaired) electrons. The molecule has 0 aliphatic rings. The molecular formula is C11H5ClF3NO2S. The van der Waals surface area contributed by atoms with Gasteiger partial charge in [-0.1, -0.05) is 23.8 Å². The van der Waals surface area contributed by atoms with Gasteiger partial charge in [-0.15, -0.1) is 0 Å². The van der Waals surface area contributed by atoms with Gasteiger partial charge >= 0.3 is 12.1 Å². The quantitative estimate of drug-likeness (QED) is 0.774. The average molecular weight is 308 g/mol. The monoisotopic (exact) mass is 307 g/mol. The summed E-state index contributed by atoms with van der Waals surface area (Å²) in [4.78, 5) is 13.2. The van der Waals surface area contributed by atoms with Crippen molar-refractivity contribution in [3.05, 3.63) is 39.0 Å². The number of rotatable bonds is 1. The molecule has 0 bridgehead atoms. The van der Waals surface area contributed by atoms with E-state index < -0.39 is 17.7 Å². The minimum atomic E-state index is -4.58. The fraction of sp³-hybridized carbons (Fsp3) is 0.0909. The zero-order valence-corrected chi connectivity index (χ0v) is 10.6. The van der Waals surface area contributed by atoms with Gasteiger partial charge in [0.25, 0.3) is 0 Å². The zero-order chi connectivity index (χ0) is 14.4. The summed E-state index contributed by atoms with van der Waals surface area (Å²) >= 11 is 10.7. The molecule has 3 nitrogen and oxygen atoms in total. The fourth-order valence-corrected chi connectivity index (χ4v) is 2.33. The molecular weight excluding hydrogens is 303 g/mol. The summed E-state index contributed by atoms with van der Waals surface area (Å²) in [6, 6.07) is 2.68. The lowest BCUT2D eigenvalue weighted by molar-refractivity contribution is -0.137. The highest BCUT2D eigenvalue weighted by molar-refractivity contribution is 7.71. The number of alkyl halides is 3. The molecule has 2 N–H and O–H groups in total. The van der Waals surface area contributed by atoms with Crippen LogP contribution in [0.1, 0.15) is 16.1 Å². The van der Waals surface area contributed by atoms with Crippen LogP contribution in [-0.2, 0) is 6.18 Å². The number of aromatic carboxylic acids is 1. The van der Waals surface area contributed by atoms with Crippen molar-refractivity contribution in [3.8, 4) is 0 Å². The largest absolute Gasteiger partial charge is 0.477 e. The van der Waals surface area contributed by atoms with Gasteiger partial charge in [0.15, 0.2) is 0 Å². The number of hydrogen-bond donors (Lipinski definition) is 2. The number of H-pyrrole nitrogens is 1. The van der Waals surface area contributed by atoms with Crippen LogP contribution in [0.25, 0.3) is 10.9 Å². The predicted octanol–water partition coefficient (Wildman–Crippen LogP) is 4.27. The number of pyridine rings is 1. The van der Waals surface area contributed by atoms with Gasteiger partial charge in [-0.3, -0.25) is 0 Å². The SMILES string of the molecule is O=C(O)c1cc(=S)c2c(Cl)cc(C(F)(F)F)cc2[nH]1. The van der Waals surface area contributed by atoms with E-state index in [-0.39, 0.29) is 26.1 Å². The van der Waals surface area contributed by atoms with Crippen molar-refractivity contribution >= 4 is 40.7 Å². The fourth-order valence-electron chi connectivity index (χ4n) is 1.62. The Kier molecular flexibility index (Phi) is 3.27. The molecule has 0 spiro atoms. The molecule has 8 heteroatoms. The van der Waals surface area contributed by atoms with Crippen LogP contribution in [0.5, 0.6) is 0 Å². The molecule has 2 aromatic rings. The Labute approximate surface area is 114 Å². The minimum absolute atomic E-state index is 0.0651. The maximum Gasteiger partial charge on any atom is 0.416 e. The van der Waals surface area contributed by atoms with Crippen LogP contribution in [0, 0.1) is 4.51 Å². The molecule has 100 valence electrons. The Bertz CT molecular complexity index is 739. The lowest BCUT2D eigenvalue weighted by Gasteiger charge is -2.10. The van der Waals surface area contributed by atoms with E-state index in [0.29, 0.717) is 0 Å². The molecule has 0 saturated heterocycles. The molecule has 1 aromatic heterocycles. The van der Waals surface area contributed by atoms with Gasteiger partial charge in [0.05, 0.1) is 15.1 Å². The Hall–Kier alpha value is -1.60. The van der Waals surface area contributed by atoms with Crippen LogP contribution >= 0.6 is 23.8 Å². The summed E-state index contributed by atoms with van der Waals surface area (Å²) in [6.45, 7) is 0. The molecule has 0 aliphatic carbocycles. The maximum atomic E-state index is 12.6. The van der Waals surface area contributed by atoms with E-state index in [1.165, 1.54) is 0 Å². The number of benzene rings is 1. The number of halogens is 4. The highest BCUT2D eigenvalue weighted by Gasteiger charge is 2.31. The van der Waals surface area contributed by atoms with Crippen molar-refractivity contribution in [1.82, 2.24) is 4.98 Å². The van der Waals surface area contributed by atoms with E-state index in [4.69, 9.17) is 28.9 Å². The van der Waals surface area contributed by atoms with E-state index in [1.807, 2.05) is 0 Å². The smallest absolute Gasteiger partial charge is 0.416 e. The van der Waals surface area contributed by atoms with Crippen LogP contribution in [0.2, 0.25) is 5.02 Å². The van der Waals surface area contributed by atoms with Gasteiger partial charge in [0.1, 0.15) is 5.69 Å². The normalized spacial score (nSPS) is 11.8. The van der Waals surface area contributed by atoms with E-state index in [9.17, 15) is 18.0 Å². The second-order valence-corrected chi connectivity index (χ2v) is 4.58. The summed E-state index contributed by atoms with van der Waals surface area (Å²) in [5.74, 6) is -1.32. The third kappa shape index (κ3) is 2.57. The standard InChI is InChI=1S/C11H5ClF3NO2S/c12-5-1-4(11(13,14)15)2-6-9(5)8(19)3-7(16-6)10(17)18/h1-3H,(H,16,19)(H,17,18). The summed E-state index contributed by atoms with van der Waals surface area (Å²) in [5, 5.41) is 8.85. The van der Waals surface area contributed by atoms with Crippen molar-refractivity contribution < 1.29 is 23.1 Å². The second kappa shape index (κ2) is 4.50. The van der Waals surface area contributed by atoms with Gasteiger partial charge in [-0.2, -0.15) is 13.2 Å². The van der Waals surface area contributed by atoms with E-state index in [1.54, 1.807) is 0 Å². The van der Waals surface area contributed by atoms with Crippen molar-refractivity contribution in [3.63, 3.8) is 0 Å². The number of carbonyl (C=O) groups is 1. The predicted molar refractivity (Wildman–Crippen MR) is 66.1 cm³/mol. The highest BCUT2D eigenvalue weighted by Crippen LogP contribution is 2.35. The van der Waals surface area contributed by atoms with Crippen molar-refractivity contribution in [2.45, 2.75) is 6.18 Å². The number of fused-ring (bicyclic) bond motifs is 1. The number of carboxylic acids is 1. The number of aromatic nitrogens is 1. The summed E-state index contributed by atoms with van der Waals surface area (Å²) < 4.78 is 38.0. The third-order valence-electron chi connectivity index (χ3n) is 2.44. The topological polar surface area (TPSA) is 53.1 Å². The minimum Gasteiger partial charge on any atom is -0.477 e. The molecule has 1 heterocycles. The Morgan fingerprint density at radius 3 is 2.47 bits per heavy atom. The lowest BCUT2D eigenvalue weighted by atomic mass is 10.1. The average Bonchev–Trinajstić information content (AvgIpc) is 2.26. The first-order valence-corrected chi connectivity index (χ1v) is 5.66. The number of aromatic amines is 1. The molecule has 0 amide bonds. The van der Waals surface area contributed by atoms with Crippen molar-refractivity contribution in [1.29, 1.82) is 0 Å². The first-order valence-electron chi connectivity index (χ1n) is 4.87. The Balaban J connectivity index is 2.86. The number of hydrogen-bond acceptors (Lipinski definition) is 2. The van der Waals surface area contributed by atoms with Crippen LogP contribution in [-0.4, -0.2) is 16.1 Å². The Morgan fingerprint density at radius 1 is 1.32 bits per heavy atom. The molecule has 19 heavy (non-hydrogen) atoms. The van der Waals surface area contributed by atoms with E-state index in [2.05, 4.69) is 4.98 Å². The van der Waals surface area contributed by atoms with E-state index >= 15 is 0 Å². The van der Waals surface area contributed by atoms with Crippen LogP contribution in [0.15, 0.2) is 18.2 Å². The molecule has 0 saturated carbocycles. The van der Waals surface area contributed by atoms with E-state index in [0.717, 1.165) is 18.2 Å². The van der Waals surface area contributed by atoms with Gasteiger partial charge in [-0.05, 0) is 18.2 Å². The third-order valence-corrected chi connectivity index (χ3v) is 3.06. The number of carboxylic acid groups (broad SMARTS) is 1. The van der Waals surface area contributed by atoms with Gasteiger partial charge in [0, 0.05) is 10.9 Å². The zero-order valence-electron chi connectivity index (χ0n) is 9.01. The van der Waals surface area contributed by atoms with Crippen LogP contribution in [0.3, 0.4) is 0 Å². The molecule has 2 rings (SSSR count). The van der Waals surface area contributed by atoms with Gasteiger partial charge in [0.2, 0.25) is 0 Å². The molecule has 0 atom stereocenters. The highest BCUT2D eigenvalue weighted by atomic mass is 35.5. The second-order valence-electron chi connectivity index (χ2n) is 3.73. The van der Waals surface area contributed by atoms with Gasteiger partial charge < -0.3 is 10.1 Å². The van der Waals surface area contributed by atoms with Crippen LogP contribution in [0.4, 0.5) is 13.2 Å². The van der Waals surface area contributed by atoms with Gasteiger partial charge in [-0.25, -0.2) is 4.79 Å². The lowest BCUT2D eigenvalue weighted by Crippen LogP contribution is -2.06. The first-order chi connectivity index (χ1) is 8.70. The van der Waals surface area contributed by atoms with Crippen molar-refractivity contribution in [2.24, 2.45) is 0 Å². The maximum absolute atomic E-state index is 12.6. The Morgan fingerprint density at radius 2 is 1.95 bits per heavy atom. The molecule has 0 aliphatic heterocycles. The van der Waals surface area contributed by atoms with Crippen molar-refractivity contribution in [2.75, 3.05) is 0 Å². The summed E-state index contributed by atoms with van der Waals surface area (Å²) in [6.07, 6.45) is -4.58. The molecule has 0 fully saturated rings. The molecule has 0 unspecified atom stereocenters.